The second-order valence-electron chi connectivity index (χ2n) is 5.39. The molecule has 0 aliphatic carbocycles. The Kier molecular flexibility index (Phi) is 7.55. The third-order valence-corrected chi connectivity index (χ3v) is 3.90. The smallest absolute Gasteiger partial charge is 0.422 e. The molecule has 0 N–H and O–H groups in total. The first-order chi connectivity index (χ1) is 8.99. The number of hydrogen-bond acceptors (Lipinski definition) is 4. The van der Waals surface area contributed by atoms with Gasteiger partial charge in [0.15, 0.2) is 6.61 Å². The lowest BCUT2D eigenvalue weighted by Crippen LogP contribution is -2.20. The van der Waals surface area contributed by atoms with Gasteiger partial charge in [0.05, 0.1) is 6.61 Å². The van der Waals surface area contributed by atoms with Gasteiger partial charge in [-0.15, -0.1) is 0 Å². The molecule has 0 aliphatic heterocycles. The van der Waals surface area contributed by atoms with Crippen molar-refractivity contribution in [2.24, 2.45) is 0 Å². The van der Waals surface area contributed by atoms with Gasteiger partial charge < -0.3 is 9.47 Å². The Hall–Kier alpha value is -1.31. The quantitative estimate of drug-likeness (QED) is 0.314. The molecule has 0 aromatic rings. The highest BCUT2D eigenvalue weighted by atomic mass is 28.3. The fourth-order valence-electron chi connectivity index (χ4n) is 1.16. The fourth-order valence-corrected chi connectivity index (χ4v) is 2.37. The number of halogens is 3. The van der Waals surface area contributed by atoms with Crippen molar-refractivity contribution in [1.82, 2.24) is 0 Å². The molecule has 116 valence electrons. The Morgan fingerprint density at radius 1 is 1.05 bits per heavy atom. The molecule has 8 heteroatoms. The van der Waals surface area contributed by atoms with Crippen molar-refractivity contribution in [3.05, 3.63) is 12.2 Å². The van der Waals surface area contributed by atoms with Crippen LogP contribution in [0.25, 0.3) is 0 Å². The number of ether oxygens (including phenoxy) is 2. The molecule has 0 heterocycles. The van der Waals surface area contributed by atoms with Gasteiger partial charge in [0.25, 0.3) is 0 Å². The highest BCUT2D eigenvalue weighted by molar-refractivity contribution is 6.76. The molecule has 0 radical (unpaired) electrons. The van der Waals surface area contributed by atoms with E-state index < -0.39 is 32.8 Å². The summed E-state index contributed by atoms with van der Waals surface area (Å²) in [5.74, 6) is -2.01. The van der Waals surface area contributed by atoms with Gasteiger partial charge in [0, 0.05) is 20.2 Å². The SMILES string of the molecule is C[Si](C)(C)CCCOC(=O)/C=C/C(=O)OCC(F)(F)F. The maximum atomic E-state index is 11.7. The minimum Gasteiger partial charge on any atom is -0.463 e. The predicted molar refractivity (Wildman–Crippen MR) is 69.9 cm³/mol. The van der Waals surface area contributed by atoms with Crippen molar-refractivity contribution in [2.45, 2.75) is 38.3 Å². The predicted octanol–water partition coefficient (Wildman–Crippen LogP) is 2.92. The zero-order chi connectivity index (χ0) is 15.8. The second kappa shape index (κ2) is 8.08. The van der Waals surface area contributed by atoms with E-state index in [1.165, 1.54) is 0 Å². The normalized spacial score (nSPS) is 12.5. The third kappa shape index (κ3) is 13.1. The monoisotopic (exact) mass is 312 g/mol. The summed E-state index contributed by atoms with van der Waals surface area (Å²) in [5.41, 5.74) is 0. The van der Waals surface area contributed by atoms with Crippen LogP contribution in [0.5, 0.6) is 0 Å². The first-order valence-electron chi connectivity index (χ1n) is 6.08. The van der Waals surface area contributed by atoms with Crippen molar-refractivity contribution < 1.29 is 32.2 Å². The Bertz CT molecular complexity index is 359. The zero-order valence-electron chi connectivity index (χ0n) is 11.8. The van der Waals surface area contributed by atoms with Crippen LogP contribution in [0.2, 0.25) is 25.7 Å². The van der Waals surface area contributed by atoms with Crippen LogP contribution in [0.1, 0.15) is 6.42 Å². The summed E-state index contributed by atoms with van der Waals surface area (Å²) in [7, 11) is -1.18. The first-order valence-corrected chi connectivity index (χ1v) is 9.79. The van der Waals surface area contributed by atoms with E-state index in [4.69, 9.17) is 4.74 Å². The molecule has 0 saturated carbocycles. The van der Waals surface area contributed by atoms with Crippen LogP contribution in [0, 0.1) is 0 Å². The minimum atomic E-state index is -4.58. The van der Waals surface area contributed by atoms with Crippen LogP contribution in [0.15, 0.2) is 12.2 Å². The van der Waals surface area contributed by atoms with Gasteiger partial charge in [-0.1, -0.05) is 25.7 Å². The number of carbonyl (C=O) groups excluding carboxylic acids is 2. The Morgan fingerprint density at radius 2 is 1.55 bits per heavy atom. The van der Waals surface area contributed by atoms with Crippen molar-refractivity contribution in [3.63, 3.8) is 0 Å². The van der Waals surface area contributed by atoms with E-state index in [-0.39, 0.29) is 6.61 Å². The summed E-state index contributed by atoms with van der Waals surface area (Å²) < 4.78 is 43.9. The largest absolute Gasteiger partial charge is 0.463 e. The van der Waals surface area contributed by atoms with E-state index in [1.807, 2.05) is 0 Å². The van der Waals surface area contributed by atoms with E-state index in [9.17, 15) is 22.8 Å². The zero-order valence-corrected chi connectivity index (χ0v) is 12.8. The Balaban J connectivity index is 3.85. The number of esters is 2. The van der Waals surface area contributed by atoms with Crippen molar-refractivity contribution >= 4 is 20.0 Å². The molecule has 0 aliphatic rings. The van der Waals surface area contributed by atoms with Gasteiger partial charge in [-0.25, -0.2) is 9.59 Å². The number of rotatable bonds is 7. The third-order valence-electron chi connectivity index (χ3n) is 2.05. The summed E-state index contributed by atoms with van der Waals surface area (Å²) in [6, 6.07) is 0.998. The van der Waals surface area contributed by atoms with Gasteiger partial charge in [0.2, 0.25) is 0 Å². The average Bonchev–Trinajstić information content (AvgIpc) is 2.27. The topological polar surface area (TPSA) is 52.6 Å². The van der Waals surface area contributed by atoms with Crippen LogP contribution in [0.4, 0.5) is 13.2 Å². The summed E-state index contributed by atoms with van der Waals surface area (Å²) >= 11 is 0. The molecule has 0 aromatic heterocycles. The number of hydrogen-bond donors (Lipinski definition) is 0. The lowest BCUT2D eigenvalue weighted by Gasteiger charge is -2.14. The van der Waals surface area contributed by atoms with Crippen LogP contribution < -0.4 is 0 Å². The van der Waals surface area contributed by atoms with Crippen LogP contribution in [0.3, 0.4) is 0 Å². The Morgan fingerprint density at radius 3 is 2.00 bits per heavy atom. The Labute approximate surface area is 116 Å². The number of alkyl halides is 3. The molecule has 0 spiro atoms. The van der Waals surface area contributed by atoms with Crippen LogP contribution >= 0.6 is 0 Å². The molecule has 0 aromatic carbocycles. The van der Waals surface area contributed by atoms with E-state index in [0.717, 1.165) is 18.5 Å². The molecule has 20 heavy (non-hydrogen) atoms. The highest BCUT2D eigenvalue weighted by Gasteiger charge is 2.29. The van der Waals surface area contributed by atoms with Gasteiger partial charge in [-0.05, 0) is 6.42 Å². The molecule has 0 atom stereocenters. The summed E-state index contributed by atoms with van der Waals surface area (Å²) in [5, 5.41) is 0. The minimum absolute atomic E-state index is 0.227. The van der Waals surface area contributed by atoms with Gasteiger partial charge >= 0.3 is 18.1 Å². The molecular weight excluding hydrogens is 293 g/mol. The molecule has 0 rings (SSSR count). The maximum absolute atomic E-state index is 11.7. The molecule has 0 bridgehead atoms. The number of carbonyl (C=O) groups is 2. The van der Waals surface area contributed by atoms with Gasteiger partial charge in [-0.2, -0.15) is 13.2 Å². The van der Waals surface area contributed by atoms with E-state index >= 15 is 0 Å². The molecule has 0 fully saturated rings. The fraction of sp³-hybridized carbons (Fsp3) is 0.667. The molecule has 0 amide bonds. The summed E-state index contributed by atoms with van der Waals surface area (Å²) in [6.45, 7) is 5.11. The van der Waals surface area contributed by atoms with Crippen LogP contribution in [-0.2, 0) is 19.1 Å². The second-order valence-corrected chi connectivity index (χ2v) is 11.0. The van der Waals surface area contributed by atoms with Crippen molar-refractivity contribution in [1.29, 1.82) is 0 Å². The maximum Gasteiger partial charge on any atom is 0.422 e. The lowest BCUT2D eigenvalue weighted by atomic mass is 10.5. The van der Waals surface area contributed by atoms with E-state index in [2.05, 4.69) is 24.4 Å². The average molecular weight is 312 g/mol. The molecule has 4 nitrogen and oxygen atoms in total. The van der Waals surface area contributed by atoms with Gasteiger partial charge in [0.1, 0.15) is 0 Å². The van der Waals surface area contributed by atoms with E-state index in [1.54, 1.807) is 0 Å². The first kappa shape index (κ1) is 18.7. The van der Waals surface area contributed by atoms with Crippen LogP contribution in [-0.4, -0.2) is 39.4 Å². The van der Waals surface area contributed by atoms with E-state index in [0.29, 0.717) is 6.08 Å². The standard InChI is InChI=1S/C12H19F3O4Si/c1-20(2,3)8-4-7-18-10(16)5-6-11(17)19-9-12(13,14)15/h5-6H,4,7-9H2,1-3H3/b6-5+. The van der Waals surface area contributed by atoms with Crippen molar-refractivity contribution in [2.75, 3.05) is 13.2 Å². The summed E-state index contributed by atoms with van der Waals surface area (Å²) in [4.78, 5) is 22.0. The molecular formula is C12H19F3O4Si. The molecule has 0 unspecified atom stereocenters. The van der Waals surface area contributed by atoms with Gasteiger partial charge in [-0.3, -0.25) is 0 Å². The highest BCUT2D eigenvalue weighted by Crippen LogP contribution is 2.14. The molecule has 0 saturated heterocycles. The van der Waals surface area contributed by atoms with Crippen molar-refractivity contribution in [3.8, 4) is 0 Å². The lowest BCUT2D eigenvalue weighted by molar-refractivity contribution is -0.182. The summed E-state index contributed by atoms with van der Waals surface area (Å²) in [6.07, 6.45) is -2.48.